The highest BCUT2D eigenvalue weighted by atomic mass is 16.2. The zero-order valence-electron chi connectivity index (χ0n) is 18.0. The molecule has 1 fully saturated rings. The number of carbonyl (C=O) groups is 2. The van der Waals surface area contributed by atoms with E-state index in [1.807, 2.05) is 42.7 Å². The van der Waals surface area contributed by atoms with Crippen LogP contribution in [0.4, 0.5) is 4.79 Å². The summed E-state index contributed by atoms with van der Waals surface area (Å²) in [7, 11) is 0. The van der Waals surface area contributed by atoms with Gasteiger partial charge >= 0.3 is 6.03 Å². The number of benzene rings is 1. The molecule has 0 spiro atoms. The maximum atomic E-state index is 12.9. The molecule has 4 rings (SSSR count). The Balaban J connectivity index is 1.59. The normalized spacial score (nSPS) is 16.5. The van der Waals surface area contributed by atoms with Gasteiger partial charge in [-0.15, -0.1) is 5.10 Å². The number of hydrogen-bond acceptors (Lipinski definition) is 4. The van der Waals surface area contributed by atoms with Crippen molar-refractivity contribution in [3.63, 3.8) is 0 Å². The Bertz CT molecular complexity index is 945. The molecule has 0 bridgehead atoms. The van der Waals surface area contributed by atoms with Crippen LogP contribution in [-0.4, -0.2) is 62.4 Å². The Morgan fingerprint density at radius 1 is 1.07 bits per heavy atom. The van der Waals surface area contributed by atoms with Crippen LogP contribution in [0.1, 0.15) is 60.4 Å². The average Bonchev–Trinajstić information content (AvgIpc) is 3.13. The largest absolute Gasteiger partial charge is 0.337 e. The van der Waals surface area contributed by atoms with Crippen LogP contribution in [0.3, 0.4) is 0 Å². The summed E-state index contributed by atoms with van der Waals surface area (Å²) in [6.45, 7) is 8.63. The van der Waals surface area contributed by atoms with E-state index in [2.05, 4.69) is 21.7 Å². The minimum Gasteiger partial charge on any atom is -0.337 e. The standard InChI is InChI=1S/C22H30N6O2/c1-15(2)23-22(30)27-13-10-18-17(14-27)8-7-9-19(18)28-16(3)20(24-25-28)21(29)26-11-5-4-6-12-26/h7-9,15H,4-6,10-14H2,1-3H3,(H,23,30). The number of aromatic nitrogens is 3. The summed E-state index contributed by atoms with van der Waals surface area (Å²) in [5.41, 5.74) is 4.41. The van der Waals surface area contributed by atoms with Crippen LogP contribution in [0.25, 0.3) is 5.69 Å². The van der Waals surface area contributed by atoms with Crippen LogP contribution in [0, 0.1) is 6.92 Å². The number of rotatable bonds is 3. The molecule has 0 aliphatic carbocycles. The molecule has 0 radical (unpaired) electrons. The highest BCUT2D eigenvalue weighted by molar-refractivity contribution is 5.93. The molecule has 3 heterocycles. The van der Waals surface area contributed by atoms with E-state index in [0.29, 0.717) is 18.8 Å². The van der Waals surface area contributed by atoms with Gasteiger partial charge < -0.3 is 15.1 Å². The Labute approximate surface area is 177 Å². The smallest absolute Gasteiger partial charge is 0.317 e. The minimum atomic E-state index is -0.0348. The number of piperidine rings is 1. The van der Waals surface area contributed by atoms with Gasteiger partial charge in [-0.2, -0.15) is 0 Å². The van der Waals surface area contributed by atoms with Crippen LogP contribution >= 0.6 is 0 Å². The lowest BCUT2D eigenvalue weighted by molar-refractivity contribution is 0.0717. The van der Waals surface area contributed by atoms with Crippen molar-refractivity contribution in [2.75, 3.05) is 19.6 Å². The van der Waals surface area contributed by atoms with Gasteiger partial charge in [-0.3, -0.25) is 4.79 Å². The van der Waals surface area contributed by atoms with Crippen LogP contribution in [0.5, 0.6) is 0 Å². The van der Waals surface area contributed by atoms with Crippen molar-refractivity contribution in [2.24, 2.45) is 0 Å². The zero-order valence-corrected chi connectivity index (χ0v) is 18.0. The van der Waals surface area contributed by atoms with Crippen LogP contribution in [-0.2, 0) is 13.0 Å². The van der Waals surface area contributed by atoms with Gasteiger partial charge in [0.25, 0.3) is 5.91 Å². The SMILES string of the molecule is Cc1c(C(=O)N2CCCCC2)nnn1-c1cccc2c1CCN(C(=O)NC(C)C)C2. The topological polar surface area (TPSA) is 83.4 Å². The third-order valence-corrected chi connectivity index (χ3v) is 5.91. The summed E-state index contributed by atoms with van der Waals surface area (Å²) < 4.78 is 1.78. The lowest BCUT2D eigenvalue weighted by Gasteiger charge is -2.31. The molecule has 160 valence electrons. The number of fused-ring (bicyclic) bond motifs is 1. The molecule has 2 aliphatic rings. The molecule has 30 heavy (non-hydrogen) atoms. The second-order valence-corrected chi connectivity index (χ2v) is 8.48. The number of likely N-dealkylation sites (tertiary alicyclic amines) is 1. The monoisotopic (exact) mass is 410 g/mol. The summed E-state index contributed by atoms with van der Waals surface area (Å²) in [6.07, 6.45) is 4.02. The summed E-state index contributed by atoms with van der Waals surface area (Å²) in [6, 6.07) is 6.12. The van der Waals surface area contributed by atoms with E-state index < -0.39 is 0 Å². The number of nitrogens with zero attached hydrogens (tertiary/aromatic N) is 5. The van der Waals surface area contributed by atoms with Crippen molar-refractivity contribution in [3.05, 3.63) is 40.7 Å². The summed E-state index contributed by atoms with van der Waals surface area (Å²) >= 11 is 0. The number of nitrogens with one attached hydrogen (secondary N) is 1. The molecule has 3 amide bonds. The Hall–Kier alpha value is -2.90. The fraction of sp³-hybridized carbons (Fsp3) is 0.545. The molecule has 1 aromatic carbocycles. The zero-order chi connectivity index (χ0) is 21.3. The van der Waals surface area contributed by atoms with Crippen molar-refractivity contribution in [2.45, 2.75) is 59.0 Å². The lowest BCUT2D eigenvalue weighted by atomic mass is 9.97. The van der Waals surface area contributed by atoms with Gasteiger partial charge in [0.15, 0.2) is 5.69 Å². The van der Waals surface area contributed by atoms with Gasteiger partial charge in [0, 0.05) is 32.2 Å². The van der Waals surface area contributed by atoms with Crippen LogP contribution in [0.2, 0.25) is 0 Å². The average molecular weight is 411 g/mol. The molecule has 1 saturated heterocycles. The molecule has 0 saturated carbocycles. The van der Waals surface area contributed by atoms with Crippen LogP contribution < -0.4 is 5.32 Å². The second kappa shape index (κ2) is 8.45. The van der Waals surface area contributed by atoms with Gasteiger partial charge in [0.05, 0.1) is 11.4 Å². The number of amides is 3. The van der Waals surface area contributed by atoms with E-state index in [-0.39, 0.29) is 18.0 Å². The maximum Gasteiger partial charge on any atom is 0.317 e. The first-order chi connectivity index (χ1) is 14.5. The van der Waals surface area contributed by atoms with Crippen molar-refractivity contribution >= 4 is 11.9 Å². The molecule has 8 heteroatoms. The molecular weight excluding hydrogens is 380 g/mol. The van der Waals surface area contributed by atoms with E-state index in [1.165, 1.54) is 6.42 Å². The summed E-state index contributed by atoms with van der Waals surface area (Å²) in [4.78, 5) is 29.0. The predicted octanol–water partition coefficient (Wildman–Crippen LogP) is 2.68. The molecule has 2 aliphatic heterocycles. The summed E-state index contributed by atoms with van der Waals surface area (Å²) in [5.74, 6) is -0.0280. The number of urea groups is 1. The highest BCUT2D eigenvalue weighted by Crippen LogP contribution is 2.26. The van der Waals surface area contributed by atoms with Gasteiger partial charge in [-0.05, 0) is 63.6 Å². The molecule has 1 N–H and O–H groups in total. The Morgan fingerprint density at radius 3 is 2.57 bits per heavy atom. The predicted molar refractivity (Wildman–Crippen MR) is 114 cm³/mol. The number of carbonyl (C=O) groups excluding carboxylic acids is 2. The Kier molecular flexibility index (Phi) is 5.74. The molecule has 0 unspecified atom stereocenters. The maximum absolute atomic E-state index is 12.9. The number of hydrogen-bond donors (Lipinski definition) is 1. The first-order valence-corrected chi connectivity index (χ1v) is 10.8. The van der Waals surface area contributed by atoms with E-state index in [1.54, 1.807) is 4.68 Å². The third kappa shape index (κ3) is 3.91. The van der Waals surface area contributed by atoms with Crippen molar-refractivity contribution in [1.29, 1.82) is 0 Å². The molecule has 2 aromatic rings. The Morgan fingerprint density at radius 2 is 1.83 bits per heavy atom. The lowest BCUT2D eigenvalue weighted by Crippen LogP contribution is -2.45. The van der Waals surface area contributed by atoms with Gasteiger partial charge in [0.1, 0.15) is 0 Å². The van der Waals surface area contributed by atoms with Crippen molar-refractivity contribution < 1.29 is 9.59 Å². The van der Waals surface area contributed by atoms with E-state index in [9.17, 15) is 9.59 Å². The van der Waals surface area contributed by atoms with Crippen molar-refractivity contribution in [3.8, 4) is 5.69 Å². The molecular formula is C22H30N6O2. The molecule has 1 aromatic heterocycles. The fourth-order valence-electron chi connectivity index (χ4n) is 4.30. The molecule has 0 atom stereocenters. The molecule has 8 nitrogen and oxygen atoms in total. The van der Waals surface area contributed by atoms with E-state index in [0.717, 1.165) is 54.9 Å². The first-order valence-electron chi connectivity index (χ1n) is 10.8. The van der Waals surface area contributed by atoms with Gasteiger partial charge in [0.2, 0.25) is 0 Å². The van der Waals surface area contributed by atoms with Gasteiger partial charge in [-0.25, -0.2) is 9.48 Å². The third-order valence-electron chi connectivity index (χ3n) is 5.91. The quantitative estimate of drug-likeness (QED) is 0.843. The summed E-state index contributed by atoms with van der Waals surface area (Å²) in [5, 5.41) is 11.5. The van der Waals surface area contributed by atoms with Gasteiger partial charge in [-0.1, -0.05) is 17.3 Å². The highest BCUT2D eigenvalue weighted by Gasteiger charge is 2.27. The van der Waals surface area contributed by atoms with Crippen molar-refractivity contribution in [1.82, 2.24) is 30.1 Å². The second-order valence-electron chi connectivity index (χ2n) is 8.48. The minimum absolute atomic E-state index is 0.0280. The van der Waals surface area contributed by atoms with E-state index in [4.69, 9.17) is 0 Å². The van der Waals surface area contributed by atoms with E-state index >= 15 is 0 Å². The van der Waals surface area contributed by atoms with Crippen LogP contribution in [0.15, 0.2) is 18.2 Å². The first kappa shape index (κ1) is 20.4. The fourth-order valence-corrected chi connectivity index (χ4v) is 4.30.